The number of carbonyl (C=O) groups is 2. The third-order valence-electron chi connectivity index (χ3n) is 10.5. The van der Waals surface area contributed by atoms with Crippen LogP contribution in [0.5, 0.6) is 0 Å². The van der Waals surface area contributed by atoms with Gasteiger partial charge in [-0.2, -0.15) is 0 Å². The third kappa shape index (κ3) is 4.95. The molecule has 0 spiro atoms. The number of ether oxygens (including phenoxy) is 3. The van der Waals surface area contributed by atoms with Gasteiger partial charge in [0.1, 0.15) is 12.2 Å². The van der Waals surface area contributed by atoms with E-state index < -0.39 is 0 Å². The van der Waals surface area contributed by atoms with Gasteiger partial charge in [-0.15, -0.1) is 0 Å². The van der Waals surface area contributed by atoms with Crippen LogP contribution in [0.2, 0.25) is 0 Å². The van der Waals surface area contributed by atoms with Crippen LogP contribution in [-0.4, -0.2) is 36.9 Å². The number of hydrogen-bond donors (Lipinski definition) is 0. The topological polar surface area (TPSA) is 61.8 Å². The van der Waals surface area contributed by atoms with E-state index in [-0.39, 0.29) is 29.6 Å². The van der Waals surface area contributed by atoms with Crippen LogP contribution in [0.4, 0.5) is 0 Å². The summed E-state index contributed by atoms with van der Waals surface area (Å²) in [5.74, 6) is 2.58. The molecule has 0 amide bonds. The van der Waals surface area contributed by atoms with Crippen LogP contribution in [0, 0.1) is 40.4 Å². The number of rotatable bonds is 7. The van der Waals surface area contributed by atoms with E-state index in [2.05, 4.69) is 40.7 Å². The molecule has 198 valence electrons. The summed E-state index contributed by atoms with van der Waals surface area (Å²) >= 11 is 0. The van der Waals surface area contributed by atoms with Crippen LogP contribution >= 0.6 is 0 Å². The molecular weight excluding hydrogens is 440 g/mol. The van der Waals surface area contributed by atoms with Crippen molar-refractivity contribution in [3.05, 3.63) is 11.6 Å². The minimum absolute atomic E-state index is 0.177. The van der Waals surface area contributed by atoms with Gasteiger partial charge in [-0.25, -0.2) is 0 Å². The zero-order chi connectivity index (χ0) is 25.5. The Morgan fingerprint density at radius 1 is 1.03 bits per heavy atom. The summed E-state index contributed by atoms with van der Waals surface area (Å²) in [5, 5.41) is 0. The highest BCUT2D eigenvalue weighted by atomic mass is 16.6. The molecule has 3 fully saturated rings. The van der Waals surface area contributed by atoms with Crippen molar-refractivity contribution in [2.45, 2.75) is 118 Å². The summed E-state index contributed by atoms with van der Waals surface area (Å²) in [6.45, 7) is 15.5. The average Bonchev–Trinajstić information content (AvgIpc) is 3.11. The van der Waals surface area contributed by atoms with Crippen molar-refractivity contribution in [2.75, 3.05) is 6.61 Å². The lowest BCUT2D eigenvalue weighted by Gasteiger charge is -2.60. The van der Waals surface area contributed by atoms with Crippen molar-refractivity contribution >= 4 is 11.9 Å². The van der Waals surface area contributed by atoms with E-state index in [1.165, 1.54) is 38.7 Å². The van der Waals surface area contributed by atoms with Crippen LogP contribution < -0.4 is 0 Å². The van der Waals surface area contributed by atoms with Crippen molar-refractivity contribution in [3.8, 4) is 0 Å². The molecule has 4 aliphatic rings. The minimum Gasteiger partial charge on any atom is -0.462 e. The fraction of sp³-hybridized carbons (Fsp3) is 0.867. The summed E-state index contributed by atoms with van der Waals surface area (Å²) in [7, 11) is 0. The van der Waals surface area contributed by atoms with Crippen LogP contribution in [0.1, 0.15) is 99.8 Å². The summed E-state index contributed by atoms with van der Waals surface area (Å²) < 4.78 is 18.0. The quantitative estimate of drug-likeness (QED) is 0.303. The van der Waals surface area contributed by atoms with Crippen molar-refractivity contribution in [2.24, 2.45) is 40.4 Å². The lowest BCUT2D eigenvalue weighted by Crippen LogP contribution is -2.57. The second-order valence-corrected chi connectivity index (χ2v) is 12.9. The highest BCUT2D eigenvalue weighted by molar-refractivity contribution is 5.67. The van der Waals surface area contributed by atoms with Crippen molar-refractivity contribution in [3.63, 3.8) is 0 Å². The van der Waals surface area contributed by atoms with Crippen LogP contribution in [-0.2, 0) is 23.8 Å². The Morgan fingerprint density at radius 3 is 2.40 bits per heavy atom. The first kappa shape index (κ1) is 26.7. The van der Waals surface area contributed by atoms with Gasteiger partial charge in [-0.05, 0) is 80.5 Å². The molecule has 0 unspecified atom stereocenters. The highest BCUT2D eigenvalue weighted by Crippen LogP contribution is 2.67. The molecule has 0 heterocycles. The zero-order valence-corrected chi connectivity index (χ0v) is 23.1. The molecule has 9 atom stereocenters. The Balaban J connectivity index is 1.56. The van der Waals surface area contributed by atoms with Gasteiger partial charge in [0.05, 0.1) is 6.10 Å². The van der Waals surface area contributed by atoms with Gasteiger partial charge in [0.2, 0.25) is 0 Å². The number of esters is 2. The lowest BCUT2D eigenvalue weighted by atomic mass is 9.46. The maximum Gasteiger partial charge on any atom is 0.302 e. The molecule has 0 saturated heterocycles. The van der Waals surface area contributed by atoms with Gasteiger partial charge in [0.15, 0.2) is 0 Å². The second kappa shape index (κ2) is 10.2. The largest absolute Gasteiger partial charge is 0.462 e. The van der Waals surface area contributed by atoms with E-state index in [9.17, 15) is 9.59 Å². The molecule has 0 aromatic rings. The molecule has 0 bridgehead atoms. The van der Waals surface area contributed by atoms with E-state index in [1.807, 2.05) is 0 Å². The van der Waals surface area contributed by atoms with E-state index in [4.69, 9.17) is 14.2 Å². The molecule has 5 nitrogen and oxygen atoms in total. The normalized spacial score (nSPS) is 41.3. The Bertz CT molecular complexity index is 833. The van der Waals surface area contributed by atoms with E-state index >= 15 is 0 Å². The predicted octanol–water partition coefficient (Wildman–Crippen LogP) is 6.49. The number of allylic oxidation sites excluding steroid dienone is 1. The van der Waals surface area contributed by atoms with Gasteiger partial charge >= 0.3 is 11.9 Å². The molecule has 4 aliphatic carbocycles. The van der Waals surface area contributed by atoms with Crippen LogP contribution in [0.15, 0.2) is 11.6 Å². The molecule has 3 saturated carbocycles. The number of fused-ring (bicyclic) bond motifs is 5. The summed E-state index contributed by atoms with van der Waals surface area (Å²) in [6.07, 6.45) is 10.8. The average molecular weight is 489 g/mol. The molecule has 0 aromatic carbocycles. The Morgan fingerprint density at radius 2 is 1.74 bits per heavy atom. The maximum atomic E-state index is 12.1. The maximum absolute atomic E-state index is 12.1. The molecule has 5 heteroatoms. The summed E-state index contributed by atoms with van der Waals surface area (Å²) in [6, 6.07) is 0. The predicted molar refractivity (Wildman–Crippen MR) is 137 cm³/mol. The first-order valence-corrected chi connectivity index (χ1v) is 14.1. The minimum atomic E-state index is -0.260. The fourth-order valence-corrected chi connectivity index (χ4v) is 8.77. The highest BCUT2D eigenvalue weighted by Gasteiger charge is 2.62. The first-order chi connectivity index (χ1) is 16.5. The van der Waals surface area contributed by atoms with Crippen molar-refractivity contribution in [1.82, 2.24) is 0 Å². The zero-order valence-electron chi connectivity index (χ0n) is 23.1. The molecular formula is C30H48O5. The van der Waals surface area contributed by atoms with Gasteiger partial charge in [0, 0.05) is 38.7 Å². The lowest BCUT2D eigenvalue weighted by molar-refractivity contribution is -0.172. The van der Waals surface area contributed by atoms with Crippen molar-refractivity contribution < 1.29 is 23.8 Å². The molecule has 35 heavy (non-hydrogen) atoms. The van der Waals surface area contributed by atoms with Gasteiger partial charge in [0.25, 0.3) is 0 Å². The van der Waals surface area contributed by atoms with Crippen LogP contribution in [0.3, 0.4) is 0 Å². The van der Waals surface area contributed by atoms with E-state index in [0.717, 1.165) is 32.3 Å². The first-order valence-electron chi connectivity index (χ1n) is 14.1. The Hall–Kier alpha value is -1.36. The molecule has 4 rings (SSSR count). The monoisotopic (exact) mass is 488 g/mol. The molecule has 0 N–H and O–H groups in total. The summed E-state index contributed by atoms with van der Waals surface area (Å²) in [4.78, 5) is 23.8. The molecule has 0 radical (unpaired) electrons. The molecule has 0 aliphatic heterocycles. The second-order valence-electron chi connectivity index (χ2n) is 12.9. The number of carbonyl (C=O) groups excluding carboxylic acids is 2. The molecule has 0 aromatic heterocycles. The van der Waals surface area contributed by atoms with E-state index in [0.29, 0.717) is 47.5 Å². The Kier molecular flexibility index (Phi) is 7.77. The van der Waals surface area contributed by atoms with Gasteiger partial charge in [-0.3, -0.25) is 9.59 Å². The number of hydrogen-bond acceptors (Lipinski definition) is 5. The standard InChI is InChI=1S/C30H48O5/c1-18(2)13-15-33-19(3)25-10-11-26-24-9-8-22-16-23(34-20(4)31)17-28(35-21(5)32)30(22,7)27(24)12-14-29(25,26)6/h8,18-19,23-28H,9-17H2,1-7H3/t19-,23+,24-,25+,26-,27-,28-,29+,30-/m0/s1. The Labute approximate surface area is 212 Å². The van der Waals surface area contributed by atoms with Crippen molar-refractivity contribution in [1.29, 1.82) is 0 Å². The van der Waals surface area contributed by atoms with Crippen LogP contribution in [0.25, 0.3) is 0 Å². The fourth-order valence-electron chi connectivity index (χ4n) is 8.77. The SMILES string of the molecule is CC(=O)O[C@@H]1CC2=CC[C@H]3[C@@H]4CC[C@H]([C@H](C)OCCC(C)C)[C@@]4(C)CC[C@@H]3[C@@]2(C)[C@@H](OC(C)=O)C1. The summed E-state index contributed by atoms with van der Waals surface area (Å²) in [5.41, 5.74) is 1.47. The third-order valence-corrected chi connectivity index (χ3v) is 10.5. The van der Waals surface area contributed by atoms with Gasteiger partial charge < -0.3 is 14.2 Å². The smallest absolute Gasteiger partial charge is 0.302 e. The van der Waals surface area contributed by atoms with Gasteiger partial charge in [-0.1, -0.05) is 39.3 Å². The van der Waals surface area contributed by atoms with E-state index in [1.54, 1.807) is 0 Å².